The van der Waals surface area contributed by atoms with Crippen molar-refractivity contribution in [2.45, 2.75) is 20.3 Å². The van der Waals surface area contributed by atoms with Crippen LogP contribution in [0.2, 0.25) is 0 Å². The molecule has 0 rings (SSSR count). The molecule has 0 aromatic rings. The zero-order valence-corrected chi connectivity index (χ0v) is 7.15. The Hall–Kier alpha value is -0.310. The summed E-state index contributed by atoms with van der Waals surface area (Å²) in [5.41, 5.74) is 0. The maximum atomic E-state index is 10.7. The molecule has 10 heavy (non-hydrogen) atoms. The summed E-state index contributed by atoms with van der Waals surface area (Å²) < 4.78 is 0. The van der Waals surface area contributed by atoms with Crippen LogP contribution in [0.25, 0.3) is 0 Å². The summed E-state index contributed by atoms with van der Waals surface area (Å²) in [6, 6.07) is 0. The molecule has 0 aliphatic rings. The van der Waals surface area contributed by atoms with Crippen LogP contribution in [0.5, 0.6) is 0 Å². The molecule has 0 saturated carbocycles. The lowest BCUT2D eigenvalue weighted by atomic mass is 10.0. The number of rotatable bonds is 4. The highest BCUT2D eigenvalue weighted by Crippen LogP contribution is 2.06. The van der Waals surface area contributed by atoms with Gasteiger partial charge in [-0.05, 0) is 13.8 Å². The van der Waals surface area contributed by atoms with Gasteiger partial charge in [0, 0.05) is 18.1 Å². The molecule has 0 aromatic carbocycles. The van der Waals surface area contributed by atoms with Crippen molar-refractivity contribution in [1.29, 1.82) is 0 Å². The van der Waals surface area contributed by atoms with Gasteiger partial charge in [0.15, 0.2) is 0 Å². The van der Waals surface area contributed by atoms with E-state index < -0.39 is 0 Å². The minimum atomic E-state index is -0.180. The molecular weight excluding hydrogens is 148 g/mol. The van der Waals surface area contributed by atoms with Crippen molar-refractivity contribution in [3.63, 3.8) is 0 Å². The lowest BCUT2D eigenvalue weighted by Crippen LogP contribution is -2.15. The number of carbonyl (C=O) groups is 2. The highest BCUT2D eigenvalue weighted by Gasteiger charge is 2.13. The Morgan fingerprint density at radius 2 is 1.90 bits per heavy atom. The number of thiol groups is 1. The smallest absolute Gasteiger partial charge is 0.134 e. The van der Waals surface area contributed by atoms with E-state index in [1.54, 1.807) is 0 Å². The van der Waals surface area contributed by atoms with E-state index in [0.717, 1.165) is 0 Å². The highest BCUT2D eigenvalue weighted by molar-refractivity contribution is 7.80. The third-order valence-corrected chi connectivity index (χ3v) is 1.77. The molecular formula is C7H12O2S. The number of ketones is 2. The van der Waals surface area contributed by atoms with E-state index in [0.29, 0.717) is 12.2 Å². The number of Topliss-reactive ketones (excluding diaryl/α,β-unsaturated/α-hetero) is 2. The average Bonchev–Trinajstić information content (AvgIpc) is 1.81. The SMILES string of the molecule is CC(=O)C[C@@H](CS)C(C)=O. The summed E-state index contributed by atoms with van der Waals surface area (Å²) in [6.45, 7) is 2.98. The molecule has 0 amide bonds. The van der Waals surface area contributed by atoms with E-state index in [9.17, 15) is 9.59 Å². The Bertz CT molecular complexity index is 143. The van der Waals surface area contributed by atoms with Crippen molar-refractivity contribution in [2.75, 3.05) is 5.75 Å². The second kappa shape index (κ2) is 4.50. The second-order valence-electron chi connectivity index (χ2n) is 2.40. The van der Waals surface area contributed by atoms with Crippen LogP contribution in [0.15, 0.2) is 0 Å². The number of carbonyl (C=O) groups excluding carboxylic acids is 2. The second-order valence-corrected chi connectivity index (χ2v) is 2.76. The first kappa shape index (κ1) is 9.69. The van der Waals surface area contributed by atoms with Gasteiger partial charge in [0.1, 0.15) is 11.6 Å². The van der Waals surface area contributed by atoms with Crippen molar-refractivity contribution in [3.05, 3.63) is 0 Å². The number of hydrogen-bond donors (Lipinski definition) is 1. The van der Waals surface area contributed by atoms with Crippen molar-refractivity contribution in [1.82, 2.24) is 0 Å². The van der Waals surface area contributed by atoms with Gasteiger partial charge in [0.2, 0.25) is 0 Å². The quantitative estimate of drug-likeness (QED) is 0.625. The normalized spacial score (nSPS) is 12.7. The summed E-state index contributed by atoms with van der Waals surface area (Å²) in [5, 5.41) is 0. The van der Waals surface area contributed by atoms with Gasteiger partial charge in [-0.3, -0.25) is 4.79 Å². The molecule has 0 heterocycles. The van der Waals surface area contributed by atoms with Gasteiger partial charge in [-0.1, -0.05) is 0 Å². The topological polar surface area (TPSA) is 34.1 Å². The molecule has 0 spiro atoms. The number of hydrogen-bond acceptors (Lipinski definition) is 3. The molecule has 0 fully saturated rings. The zero-order valence-electron chi connectivity index (χ0n) is 6.26. The molecule has 0 saturated heterocycles. The Morgan fingerprint density at radius 1 is 1.40 bits per heavy atom. The third kappa shape index (κ3) is 3.67. The van der Waals surface area contributed by atoms with Gasteiger partial charge < -0.3 is 4.79 Å². The van der Waals surface area contributed by atoms with Crippen LogP contribution >= 0.6 is 12.6 Å². The van der Waals surface area contributed by atoms with Crippen LogP contribution in [0, 0.1) is 5.92 Å². The lowest BCUT2D eigenvalue weighted by molar-refractivity contribution is -0.125. The fraction of sp³-hybridized carbons (Fsp3) is 0.714. The van der Waals surface area contributed by atoms with Gasteiger partial charge in [-0.2, -0.15) is 12.6 Å². The predicted octanol–water partition coefficient (Wildman–Crippen LogP) is 1.10. The van der Waals surface area contributed by atoms with Gasteiger partial charge in [0.05, 0.1) is 0 Å². The fourth-order valence-electron chi connectivity index (χ4n) is 0.684. The Morgan fingerprint density at radius 3 is 2.00 bits per heavy atom. The molecule has 2 nitrogen and oxygen atoms in total. The van der Waals surface area contributed by atoms with E-state index in [1.165, 1.54) is 13.8 Å². The maximum Gasteiger partial charge on any atom is 0.134 e. The monoisotopic (exact) mass is 160 g/mol. The Kier molecular flexibility index (Phi) is 4.36. The van der Waals surface area contributed by atoms with Crippen molar-refractivity contribution in [2.24, 2.45) is 5.92 Å². The first-order chi connectivity index (χ1) is 4.57. The van der Waals surface area contributed by atoms with Crippen LogP contribution in [0.3, 0.4) is 0 Å². The maximum absolute atomic E-state index is 10.7. The van der Waals surface area contributed by atoms with Crippen LogP contribution in [0.4, 0.5) is 0 Å². The summed E-state index contributed by atoms with van der Waals surface area (Å²) >= 11 is 3.96. The molecule has 0 aliphatic heterocycles. The minimum Gasteiger partial charge on any atom is -0.300 e. The highest BCUT2D eigenvalue weighted by atomic mass is 32.1. The van der Waals surface area contributed by atoms with Gasteiger partial charge in [-0.15, -0.1) is 0 Å². The Balaban J connectivity index is 3.83. The lowest BCUT2D eigenvalue weighted by Gasteiger charge is -2.06. The van der Waals surface area contributed by atoms with E-state index in [1.807, 2.05) is 0 Å². The summed E-state index contributed by atoms with van der Waals surface area (Å²) in [4.78, 5) is 21.2. The van der Waals surface area contributed by atoms with Crippen molar-refractivity contribution >= 4 is 24.2 Å². The van der Waals surface area contributed by atoms with Gasteiger partial charge >= 0.3 is 0 Å². The summed E-state index contributed by atoms with van der Waals surface area (Å²) in [7, 11) is 0. The molecule has 3 heteroatoms. The first-order valence-electron chi connectivity index (χ1n) is 3.18. The molecule has 0 aliphatic carbocycles. The molecule has 0 unspecified atom stereocenters. The largest absolute Gasteiger partial charge is 0.300 e. The standard InChI is InChI=1S/C7H12O2S/c1-5(8)3-7(4-10)6(2)9/h7,10H,3-4H2,1-2H3/t7-/m0/s1. The van der Waals surface area contributed by atoms with E-state index in [4.69, 9.17) is 0 Å². The van der Waals surface area contributed by atoms with Crippen molar-refractivity contribution < 1.29 is 9.59 Å². The molecule has 0 radical (unpaired) electrons. The van der Waals surface area contributed by atoms with Crippen LogP contribution in [-0.4, -0.2) is 17.3 Å². The average molecular weight is 160 g/mol. The van der Waals surface area contributed by atoms with Gasteiger partial charge in [-0.25, -0.2) is 0 Å². The molecule has 0 N–H and O–H groups in total. The molecule has 1 atom stereocenters. The fourth-order valence-corrected chi connectivity index (χ4v) is 1.07. The summed E-state index contributed by atoms with van der Waals surface area (Å²) in [5.74, 6) is 0.384. The van der Waals surface area contributed by atoms with E-state index in [-0.39, 0.29) is 17.5 Å². The molecule has 58 valence electrons. The van der Waals surface area contributed by atoms with E-state index in [2.05, 4.69) is 12.6 Å². The minimum absolute atomic E-state index is 0.0465. The Labute approximate surface area is 66.4 Å². The molecule has 0 aromatic heterocycles. The van der Waals surface area contributed by atoms with Crippen LogP contribution in [0.1, 0.15) is 20.3 Å². The summed E-state index contributed by atoms with van der Waals surface area (Å²) in [6.07, 6.45) is 0.332. The zero-order chi connectivity index (χ0) is 8.15. The van der Waals surface area contributed by atoms with Crippen molar-refractivity contribution in [3.8, 4) is 0 Å². The third-order valence-electron chi connectivity index (χ3n) is 1.33. The van der Waals surface area contributed by atoms with Gasteiger partial charge in [0.25, 0.3) is 0 Å². The predicted molar refractivity (Wildman–Crippen MR) is 43.3 cm³/mol. The van der Waals surface area contributed by atoms with Crippen LogP contribution in [-0.2, 0) is 9.59 Å². The first-order valence-corrected chi connectivity index (χ1v) is 3.82. The van der Waals surface area contributed by atoms with Crippen LogP contribution < -0.4 is 0 Å². The molecule has 0 bridgehead atoms. The van der Waals surface area contributed by atoms with E-state index >= 15 is 0 Å².